The fourth-order valence-electron chi connectivity index (χ4n) is 1.82. The third-order valence-corrected chi connectivity index (χ3v) is 3.05. The summed E-state index contributed by atoms with van der Waals surface area (Å²) in [5.74, 6) is 5.07. The van der Waals surface area contributed by atoms with Crippen molar-refractivity contribution in [3.8, 4) is 0 Å². The van der Waals surface area contributed by atoms with E-state index < -0.39 is 5.82 Å². The van der Waals surface area contributed by atoms with Crippen LogP contribution >= 0.6 is 11.6 Å². The quantitative estimate of drug-likeness (QED) is 0.658. The minimum Gasteiger partial charge on any atom is -0.276 e. The molecule has 1 unspecified atom stereocenters. The van der Waals surface area contributed by atoms with E-state index in [1.165, 1.54) is 12.1 Å². The predicted octanol–water partition coefficient (Wildman–Crippen LogP) is 1.96. The topological polar surface area (TPSA) is 55.9 Å². The summed E-state index contributed by atoms with van der Waals surface area (Å²) in [6.45, 7) is 0. The molecule has 0 fully saturated rings. The van der Waals surface area contributed by atoms with Crippen molar-refractivity contribution in [2.75, 3.05) is 0 Å². The summed E-state index contributed by atoms with van der Waals surface area (Å²) in [6, 6.07) is 4.50. The summed E-state index contributed by atoms with van der Waals surface area (Å²) in [7, 11) is 1.84. The number of nitrogens with zero attached hydrogens (tertiary/aromatic N) is 2. The molecule has 2 aromatic rings. The fourth-order valence-corrected chi connectivity index (χ4v) is 1.93. The lowest BCUT2D eigenvalue weighted by Crippen LogP contribution is -2.29. The van der Waals surface area contributed by atoms with Crippen LogP contribution in [-0.2, 0) is 13.5 Å². The van der Waals surface area contributed by atoms with Crippen molar-refractivity contribution in [3.63, 3.8) is 0 Å². The molecule has 0 amide bonds. The molecule has 6 heteroatoms. The van der Waals surface area contributed by atoms with Crippen LogP contribution in [0.25, 0.3) is 0 Å². The number of hydrazine groups is 1. The molecule has 3 N–H and O–H groups in total. The van der Waals surface area contributed by atoms with E-state index in [2.05, 4.69) is 10.5 Å². The molecule has 18 heavy (non-hydrogen) atoms. The second-order valence-electron chi connectivity index (χ2n) is 4.12. The van der Waals surface area contributed by atoms with Crippen LogP contribution in [0.3, 0.4) is 0 Å². The Morgan fingerprint density at radius 2 is 2.33 bits per heavy atom. The van der Waals surface area contributed by atoms with Crippen molar-refractivity contribution >= 4 is 11.6 Å². The van der Waals surface area contributed by atoms with Gasteiger partial charge in [-0.05, 0) is 29.7 Å². The third kappa shape index (κ3) is 2.87. The van der Waals surface area contributed by atoms with Gasteiger partial charge in [-0.15, -0.1) is 0 Å². The maximum atomic E-state index is 13.4. The van der Waals surface area contributed by atoms with Crippen molar-refractivity contribution in [2.24, 2.45) is 12.9 Å². The zero-order chi connectivity index (χ0) is 13.1. The van der Waals surface area contributed by atoms with Crippen LogP contribution < -0.4 is 11.3 Å². The van der Waals surface area contributed by atoms with Crippen LogP contribution in [0.1, 0.15) is 17.2 Å². The number of benzene rings is 1. The van der Waals surface area contributed by atoms with Gasteiger partial charge in [0, 0.05) is 13.2 Å². The molecule has 0 radical (unpaired) electrons. The lowest BCUT2D eigenvalue weighted by atomic mass is 10.0. The van der Waals surface area contributed by atoms with E-state index >= 15 is 0 Å². The molecule has 0 saturated heterocycles. The van der Waals surface area contributed by atoms with Crippen molar-refractivity contribution in [1.82, 2.24) is 15.2 Å². The third-order valence-electron chi connectivity index (χ3n) is 2.75. The molecule has 1 aromatic carbocycles. The Labute approximate surface area is 110 Å². The first-order valence-electron chi connectivity index (χ1n) is 5.48. The normalized spacial score (nSPS) is 12.7. The smallest absolute Gasteiger partial charge is 0.142 e. The molecule has 4 nitrogen and oxygen atoms in total. The van der Waals surface area contributed by atoms with Gasteiger partial charge in [-0.1, -0.05) is 17.7 Å². The van der Waals surface area contributed by atoms with Crippen LogP contribution in [0.4, 0.5) is 4.39 Å². The van der Waals surface area contributed by atoms with E-state index in [1.807, 2.05) is 13.2 Å². The van der Waals surface area contributed by atoms with Crippen LogP contribution in [0, 0.1) is 5.82 Å². The average Bonchev–Trinajstić information content (AvgIpc) is 2.75. The van der Waals surface area contributed by atoms with Crippen molar-refractivity contribution in [3.05, 3.63) is 52.6 Å². The molecule has 0 bridgehead atoms. The van der Waals surface area contributed by atoms with E-state index in [1.54, 1.807) is 16.9 Å². The highest BCUT2D eigenvalue weighted by molar-refractivity contribution is 6.30. The summed E-state index contributed by atoms with van der Waals surface area (Å²) in [5.41, 5.74) is 4.45. The zero-order valence-corrected chi connectivity index (χ0v) is 10.7. The number of rotatable bonds is 4. The van der Waals surface area contributed by atoms with Crippen molar-refractivity contribution in [1.29, 1.82) is 0 Å². The summed E-state index contributed by atoms with van der Waals surface area (Å²) < 4.78 is 15.1. The molecule has 1 aromatic heterocycles. The zero-order valence-electron chi connectivity index (χ0n) is 9.90. The number of halogens is 2. The average molecular weight is 269 g/mol. The lowest BCUT2D eigenvalue weighted by molar-refractivity contribution is 0.544. The highest BCUT2D eigenvalue weighted by Crippen LogP contribution is 2.22. The van der Waals surface area contributed by atoms with Crippen LogP contribution in [0.2, 0.25) is 5.02 Å². The maximum Gasteiger partial charge on any atom is 0.142 e. The number of aromatic nitrogens is 2. The van der Waals surface area contributed by atoms with E-state index in [-0.39, 0.29) is 11.1 Å². The van der Waals surface area contributed by atoms with Gasteiger partial charge in [0.1, 0.15) is 5.82 Å². The largest absolute Gasteiger partial charge is 0.276 e. The highest BCUT2D eigenvalue weighted by Gasteiger charge is 2.13. The Hall–Kier alpha value is -1.43. The van der Waals surface area contributed by atoms with Crippen LogP contribution in [-0.4, -0.2) is 9.78 Å². The molecule has 0 aliphatic carbocycles. The van der Waals surface area contributed by atoms with E-state index in [9.17, 15) is 4.39 Å². The number of nitrogens with one attached hydrogen (secondary N) is 1. The highest BCUT2D eigenvalue weighted by atomic mass is 35.5. The Morgan fingerprint density at radius 1 is 1.56 bits per heavy atom. The molecule has 0 aliphatic rings. The van der Waals surface area contributed by atoms with Gasteiger partial charge in [0.15, 0.2) is 0 Å². The van der Waals surface area contributed by atoms with Crippen LogP contribution in [0.5, 0.6) is 0 Å². The molecule has 96 valence electrons. The number of nitrogens with two attached hydrogens (primary N) is 1. The molecule has 2 rings (SSSR count). The van der Waals surface area contributed by atoms with Crippen molar-refractivity contribution < 1.29 is 4.39 Å². The van der Waals surface area contributed by atoms with Crippen molar-refractivity contribution in [2.45, 2.75) is 12.5 Å². The predicted molar refractivity (Wildman–Crippen MR) is 68.4 cm³/mol. The number of hydrogen-bond donors (Lipinski definition) is 2. The second-order valence-corrected chi connectivity index (χ2v) is 4.53. The first kappa shape index (κ1) is 13.0. The van der Waals surface area contributed by atoms with Gasteiger partial charge >= 0.3 is 0 Å². The first-order chi connectivity index (χ1) is 8.60. The fraction of sp³-hybridized carbons (Fsp3) is 0.250. The Balaban J connectivity index is 2.19. The summed E-state index contributed by atoms with van der Waals surface area (Å²) in [4.78, 5) is 0. The van der Waals surface area contributed by atoms with E-state index in [0.717, 1.165) is 11.1 Å². The maximum absolute atomic E-state index is 13.4. The van der Waals surface area contributed by atoms with E-state index in [4.69, 9.17) is 17.4 Å². The standard InChI is InChI=1S/C12H14ClFN4/c1-18-7-8(6-16-18)4-12(17-15)9-2-3-10(13)11(14)5-9/h2-3,5-7,12,17H,4,15H2,1H3. The SMILES string of the molecule is Cn1cc(CC(NN)c2ccc(Cl)c(F)c2)cn1. The summed E-state index contributed by atoms with van der Waals surface area (Å²) >= 11 is 5.65. The van der Waals surface area contributed by atoms with Gasteiger partial charge in [0.25, 0.3) is 0 Å². The monoisotopic (exact) mass is 268 g/mol. The second kappa shape index (κ2) is 5.48. The van der Waals surface area contributed by atoms with Gasteiger partial charge in [0.05, 0.1) is 17.3 Å². The molecule has 0 spiro atoms. The summed E-state index contributed by atoms with van der Waals surface area (Å²) in [5, 5.41) is 4.19. The number of aryl methyl sites for hydroxylation is 1. The van der Waals surface area contributed by atoms with Gasteiger partial charge < -0.3 is 0 Å². The first-order valence-corrected chi connectivity index (χ1v) is 5.86. The minimum atomic E-state index is -0.444. The molecule has 1 heterocycles. The Morgan fingerprint density at radius 3 is 2.89 bits per heavy atom. The summed E-state index contributed by atoms with van der Waals surface area (Å²) in [6.07, 6.45) is 4.29. The molecular weight excluding hydrogens is 255 g/mol. The molecule has 1 atom stereocenters. The van der Waals surface area contributed by atoms with E-state index in [0.29, 0.717) is 6.42 Å². The molecule has 0 aliphatic heterocycles. The Bertz CT molecular complexity index is 541. The van der Waals surface area contributed by atoms with Gasteiger partial charge in [0.2, 0.25) is 0 Å². The molecule has 0 saturated carbocycles. The van der Waals surface area contributed by atoms with Gasteiger partial charge in [-0.25, -0.2) is 4.39 Å². The number of hydrogen-bond acceptors (Lipinski definition) is 3. The Kier molecular flexibility index (Phi) is 3.96. The van der Waals surface area contributed by atoms with Gasteiger partial charge in [-0.3, -0.25) is 16.0 Å². The lowest BCUT2D eigenvalue weighted by Gasteiger charge is -2.15. The van der Waals surface area contributed by atoms with Crippen LogP contribution in [0.15, 0.2) is 30.6 Å². The van der Waals surface area contributed by atoms with Gasteiger partial charge in [-0.2, -0.15) is 5.10 Å². The minimum absolute atomic E-state index is 0.107. The molecular formula is C12H14ClFN4.